The highest BCUT2D eigenvalue weighted by atomic mass is 32.1. The van der Waals surface area contributed by atoms with Gasteiger partial charge in [0.15, 0.2) is 0 Å². The number of hydrogen-bond donors (Lipinski definition) is 1. The summed E-state index contributed by atoms with van der Waals surface area (Å²) < 4.78 is 13.0. The van der Waals surface area contributed by atoms with Gasteiger partial charge in [0.2, 0.25) is 0 Å². The molecule has 1 aromatic carbocycles. The number of carbonyl (C=O) groups is 1. The van der Waals surface area contributed by atoms with Crippen molar-refractivity contribution in [2.75, 3.05) is 5.32 Å². The van der Waals surface area contributed by atoms with E-state index in [9.17, 15) is 9.18 Å². The third-order valence-corrected chi connectivity index (χ3v) is 3.62. The average molecular weight is 264 g/mol. The predicted octanol–water partition coefficient (Wildman–Crippen LogP) is 3.46. The van der Waals surface area contributed by atoms with Gasteiger partial charge in [-0.3, -0.25) is 4.79 Å². The second-order valence-corrected chi connectivity index (χ2v) is 5.26. The second kappa shape index (κ2) is 4.86. The summed E-state index contributed by atoms with van der Waals surface area (Å²) in [5, 5.41) is 3.63. The number of nitrogens with one attached hydrogen (secondary N) is 1. The topological polar surface area (TPSA) is 42.0 Å². The molecule has 1 amide bonds. The molecule has 0 aliphatic rings. The zero-order valence-electron chi connectivity index (χ0n) is 10.4. The lowest BCUT2D eigenvalue weighted by atomic mass is 10.2. The number of hydrogen-bond acceptors (Lipinski definition) is 3. The van der Waals surface area contributed by atoms with Crippen molar-refractivity contribution in [2.45, 2.75) is 20.8 Å². The van der Waals surface area contributed by atoms with E-state index >= 15 is 0 Å². The zero-order valence-corrected chi connectivity index (χ0v) is 11.2. The molecule has 0 saturated heterocycles. The maximum Gasteiger partial charge on any atom is 0.267 e. The molecule has 0 aliphatic carbocycles. The van der Waals surface area contributed by atoms with E-state index in [1.165, 1.54) is 23.5 Å². The minimum Gasteiger partial charge on any atom is -0.321 e. The van der Waals surface area contributed by atoms with Crippen LogP contribution in [-0.2, 0) is 0 Å². The summed E-state index contributed by atoms with van der Waals surface area (Å²) in [7, 11) is 0. The van der Waals surface area contributed by atoms with Crippen LogP contribution in [0.15, 0.2) is 18.2 Å². The lowest BCUT2D eigenvalue weighted by molar-refractivity contribution is 0.102. The van der Waals surface area contributed by atoms with Gasteiger partial charge in [-0.25, -0.2) is 9.37 Å². The number of thiazole rings is 1. The van der Waals surface area contributed by atoms with Crippen LogP contribution in [0.25, 0.3) is 0 Å². The highest BCUT2D eigenvalue weighted by Crippen LogP contribution is 2.21. The van der Waals surface area contributed by atoms with Crippen LogP contribution in [0.4, 0.5) is 10.1 Å². The average Bonchev–Trinajstić information content (AvgIpc) is 2.62. The van der Waals surface area contributed by atoms with E-state index in [4.69, 9.17) is 0 Å². The normalized spacial score (nSPS) is 10.4. The lowest BCUT2D eigenvalue weighted by Crippen LogP contribution is -2.12. The first kappa shape index (κ1) is 12.7. The largest absolute Gasteiger partial charge is 0.321 e. The molecule has 0 spiro atoms. The first-order chi connectivity index (χ1) is 8.47. The summed E-state index contributed by atoms with van der Waals surface area (Å²) in [4.78, 5) is 16.9. The van der Waals surface area contributed by atoms with Gasteiger partial charge in [-0.05, 0) is 44.5 Å². The SMILES string of the molecule is Cc1nc(C)c(C(=O)Nc2ccc(F)cc2C)s1. The van der Waals surface area contributed by atoms with E-state index in [2.05, 4.69) is 10.3 Å². The fourth-order valence-electron chi connectivity index (χ4n) is 1.69. The number of amides is 1. The van der Waals surface area contributed by atoms with E-state index in [0.29, 0.717) is 16.1 Å². The molecule has 0 bridgehead atoms. The Hall–Kier alpha value is -1.75. The van der Waals surface area contributed by atoms with E-state index < -0.39 is 0 Å². The van der Waals surface area contributed by atoms with Crippen LogP contribution < -0.4 is 5.32 Å². The molecule has 1 heterocycles. The van der Waals surface area contributed by atoms with Gasteiger partial charge in [0.05, 0.1) is 10.7 Å². The van der Waals surface area contributed by atoms with E-state index in [0.717, 1.165) is 10.7 Å². The Kier molecular flexibility index (Phi) is 3.43. The predicted molar refractivity (Wildman–Crippen MR) is 70.7 cm³/mol. The van der Waals surface area contributed by atoms with E-state index in [-0.39, 0.29) is 11.7 Å². The highest BCUT2D eigenvalue weighted by Gasteiger charge is 2.14. The summed E-state index contributed by atoms with van der Waals surface area (Å²) in [6, 6.07) is 4.28. The highest BCUT2D eigenvalue weighted by molar-refractivity contribution is 7.13. The molecule has 0 radical (unpaired) electrons. The van der Waals surface area contributed by atoms with Crippen LogP contribution in [0.2, 0.25) is 0 Å². The van der Waals surface area contributed by atoms with Crippen LogP contribution >= 0.6 is 11.3 Å². The van der Waals surface area contributed by atoms with Crippen LogP contribution in [0, 0.1) is 26.6 Å². The molecular formula is C13H13FN2OS. The summed E-state index contributed by atoms with van der Waals surface area (Å²) >= 11 is 1.35. The molecule has 94 valence electrons. The van der Waals surface area contributed by atoms with Gasteiger partial charge in [0.1, 0.15) is 10.7 Å². The molecule has 5 heteroatoms. The zero-order chi connectivity index (χ0) is 13.3. The first-order valence-electron chi connectivity index (χ1n) is 5.49. The number of aryl methyl sites for hydroxylation is 3. The van der Waals surface area contributed by atoms with Crippen molar-refractivity contribution < 1.29 is 9.18 Å². The monoisotopic (exact) mass is 264 g/mol. The molecule has 0 unspecified atom stereocenters. The quantitative estimate of drug-likeness (QED) is 0.902. The third kappa shape index (κ3) is 2.56. The van der Waals surface area contributed by atoms with E-state index in [1.54, 1.807) is 19.9 Å². The van der Waals surface area contributed by atoms with Crippen LogP contribution in [0.3, 0.4) is 0 Å². The first-order valence-corrected chi connectivity index (χ1v) is 6.30. The van der Waals surface area contributed by atoms with Crippen molar-refractivity contribution in [1.82, 2.24) is 4.98 Å². The molecule has 2 rings (SSSR count). The number of halogens is 1. The minimum absolute atomic E-state index is 0.201. The van der Waals surface area contributed by atoms with Crippen molar-refractivity contribution in [3.63, 3.8) is 0 Å². The smallest absolute Gasteiger partial charge is 0.267 e. The van der Waals surface area contributed by atoms with Gasteiger partial charge in [0, 0.05) is 5.69 Å². The molecule has 3 nitrogen and oxygen atoms in total. The third-order valence-electron chi connectivity index (χ3n) is 2.55. The molecule has 0 saturated carbocycles. The Morgan fingerprint density at radius 1 is 1.33 bits per heavy atom. The fraction of sp³-hybridized carbons (Fsp3) is 0.231. The summed E-state index contributed by atoms with van der Waals surface area (Å²) in [5.74, 6) is -0.511. The molecule has 0 fully saturated rings. The molecular weight excluding hydrogens is 251 g/mol. The van der Waals surface area contributed by atoms with Gasteiger partial charge in [-0.2, -0.15) is 0 Å². The standard InChI is InChI=1S/C13H13FN2OS/c1-7-6-10(14)4-5-11(7)16-13(17)12-8(2)15-9(3)18-12/h4-6H,1-3H3,(H,16,17). The summed E-state index contributed by atoms with van der Waals surface area (Å²) in [5.41, 5.74) is 2.03. The van der Waals surface area contributed by atoms with Crippen molar-refractivity contribution in [2.24, 2.45) is 0 Å². The van der Waals surface area contributed by atoms with Crippen molar-refractivity contribution in [3.05, 3.63) is 45.2 Å². The molecule has 18 heavy (non-hydrogen) atoms. The Labute approximate surface area is 109 Å². The molecule has 0 aliphatic heterocycles. The van der Waals surface area contributed by atoms with Crippen LogP contribution in [0.5, 0.6) is 0 Å². The second-order valence-electron chi connectivity index (χ2n) is 4.06. The minimum atomic E-state index is -0.310. The molecule has 0 atom stereocenters. The number of aromatic nitrogens is 1. The van der Waals surface area contributed by atoms with Crippen LogP contribution in [-0.4, -0.2) is 10.9 Å². The maximum absolute atomic E-state index is 13.0. The number of rotatable bonds is 2. The summed E-state index contributed by atoms with van der Waals surface area (Å²) in [6.07, 6.45) is 0. The Morgan fingerprint density at radius 3 is 2.61 bits per heavy atom. The Bertz CT molecular complexity index is 607. The van der Waals surface area contributed by atoms with Gasteiger partial charge in [-0.15, -0.1) is 11.3 Å². The lowest BCUT2D eigenvalue weighted by Gasteiger charge is -2.07. The number of benzene rings is 1. The van der Waals surface area contributed by atoms with Gasteiger partial charge < -0.3 is 5.32 Å². The number of carbonyl (C=O) groups excluding carboxylic acids is 1. The van der Waals surface area contributed by atoms with Crippen molar-refractivity contribution in [1.29, 1.82) is 0 Å². The van der Waals surface area contributed by atoms with Crippen molar-refractivity contribution >= 4 is 22.9 Å². The molecule has 1 aromatic heterocycles. The maximum atomic E-state index is 13.0. The summed E-state index contributed by atoms with van der Waals surface area (Å²) in [6.45, 7) is 5.41. The Morgan fingerprint density at radius 2 is 2.06 bits per heavy atom. The van der Waals surface area contributed by atoms with Crippen LogP contribution in [0.1, 0.15) is 25.9 Å². The fourth-order valence-corrected chi connectivity index (χ4v) is 2.50. The van der Waals surface area contributed by atoms with Gasteiger partial charge in [-0.1, -0.05) is 0 Å². The van der Waals surface area contributed by atoms with Crippen molar-refractivity contribution in [3.8, 4) is 0 Å². The van der Waals surface area contributed by atoms with Gasteiger partial charge in [0.25, 0.3) is 5.91 Å². The number of nitrogens with zero attached hydrogens (tertiary/aromatic N) is 1. The molecule has 2 aromatic rings. The Balaban J connectivity index is 2.24. The molecule has 1 N–H and O–H groups in total. The van der Waals surface area contributed by atoms with E-state index in [1.807, 2.05) is 6.92 Å². The number of anilines is 1. The van der Waals surface area contributed by atoms with Gasteiger partial charge >= 0.3 is 0 Å².